The predicted octanol–water partition coefficient (Wildman–Crippen LogP) is 1.11. The normalized spacial score (nSPS) is 18.0. The zero-order chi connectivity index (χ0) is 39.6. The highest BCUT2D eigenvalue weighted by molar-refractivity contribution is 6.33. The van der Waals surface area contributed by atoms with E-state index in [2.05, 4.69) is 42.1 Å². The SMILES string of the molecule is C#CCC(=O)NCCCN1CCN(CCCN2C(=O)c3ccc4c5c(ccc(c35)C2=O)C(=O)N(CCCN2CCN(CCCNC(=O)CC#C)CC2)C4=O)CC1. The molecule has 0 aliphatic carbocycles. The van der Waals surface area contributed by atoms with Crippen LogP contribution in [0.3, 0.4) is 0 Å². The monoisotopic (exact) mass is 764 g/mol. The number of terminal acetylenes is 2. The lowest BCUT2D eigenvalue weighted by atomic mass is 9.86. The highest BCUT2D eigenvalue weighted by atomic mass is 16.2. The second-order valence-electron chi connectivity index (χ2n) is 14.8. The summed E-state index contributed by atoms with van der Waals surface area (Å²) in [6.07, 6.45) is 13.5. The van der Waals surface area contributed by atoms with Crippen LogP contribution >= 0.6 is 0 Å². The van der Waals surface area contributed by atoms with Gasteiger partial charge in [-0.2, -0.15) is 0 Å². The average molecular weight is 765 g/mol. The van der Waals surface area contributed by atoms with E-state index in [0.717, 1.165) is 91.4 Å². The van der Waals surface area contributed by atoms with Crippen molar-refractivity contribution in [2.24, 2.45) is 0 Å². The fraction of sp³-hybridized carbons (Fsp3) is 0.524. The molecule has 2 saturated heterocycles. The number of piperazine rings is 2. The maximum absolute atomic E-state index is 13.8. The quantitative estimate of drug-likeness (QED) is 0.129. The van der Waals surface area contributed by atoms with Crippen LogP contribution in [0.4, 0.5) is 0 Å². The third-order valence-corrected chi connectivity index (χ3v) is 11.2. The number of benzene rings is 2. The van der Waals surface area contributed by atoms with Crippen molar-refractivity contribution in [2.75, 3.05) is 105 Å². The predicted molar refractivity (Wildman–Crippen MR) is 212 cm³/mol. The fourth-order valence-corrected chi connectivity index (χ4v) is 8.13. The van der Waals surface area contributed by atoms with Crippen LogP contribution in [0.15, 0.2) is 24.3 Å². The van der Waals surface area contributed by atoms with Crippen molar-refractivity contribution in [3.05, 3.63) is 46.5 Å². The Balaban J connectivity index is 0.964. The molecule has 56 heavy (non-hydrogen) atoms. The van der Waals surface area contributed by atoms with Gasteiger partial charge in [0, 0.05) is 112 Å². The van der Waals surface area contributed by atoms with E-state index in [0.29, 0.717) is 59.0 Å². The molecule has 6 amide bonds. The number of carbonyl (C=O) groups excluding carboxylic acids is 6. The topological polar surface area (TPSA) is 146 Å². The second-order valence-corrected chi connectivity index (χ2v) is 14.8. The van der Waals surface area contributed by atoms with Crippen molar-refractivity contribution in [3.8, 4) is 24.7 Å². The molecule has 0 atom stereocenters. The van der Waals surface area contributed by atoms with Gasteiger partial charge in [-0.15, -0.1) is 12.8 Å². The van der Waals surface area contributed by atoms with Gasteiger partial charge in [0.25, 0.3) is 23.6 Å². The molecule has 0 saturated carbocycles. The lowest BCUT2D eigenvalue weighted by Gasteiger charge is -2.36. The molecule has 2 fully saturated rings. The van der Waals surface area contributed by atoms with Crippen LogP contribution in [0.2, 0.25) is 0 Å². The minimum absolute atomic E-state index is 0.0993. The third kappa shape index (κ3) is 9.45. The number of nitrogens with zero attached hydrogens (tertiary/aromatic N) is 6. The van der Waals surface area contributed by atoms with Gasteiger partial charge in [-0.3, -0.25) is 38.6 Å². The molecule has 296 valence electrons. The molecule has 0 spiro atoms. The van der Waals surface area contributed by atoms with Crippen molar-refractivity contribution in [1.29, 1.82) is 0 Å². The molecule has 2 aromatic carbocycles. The van der Waals surface area contributed by atoms with Crippen LogP contribution in [0.1, 0.15) is 80.0 Å². The molecule has 6 rings (SSSR count). The molecular formula is C42H52N8O6. The fourth-order valence-electron chi connectivity index (χ4n) is 8.13. The molecule has 4 aliphatic heterocycles. The minimum atomic E-state index is -0.403. The zero-order valence-electron chi connectivity index (χ0n) is 32.2. The minimum Gasteiger partial charge on any atom is -0.355 e. The lowest BCUT2D eigenvalue weighted by Crippen LogP contribution is -2.48. The van der Waals surface area contributed by atoms with Gasteiger partial charge in [-0.1, -0.05) is 11.8 Å². The number of rotatable bonds is 18. The summed E-state index contributed by atoms with van der Waals surface area (Å²) in [4.78, 5) is 90.1. The molecule has 0 bridgehead atoms. The summed E-state index contributed by atoms with van der Waals surface area (Å²) in [6, 6.07) is 6.51. The maximum Gasteiger partial charge on any atom is 0.261 e. The van der Waals surface area contributed by atoms with Crippen molar-refractivity contribution in [2.45, 2.75) is 38.5 Å². The Hall–Kier alpha value is -5.12. The standard InChI is InChI=1S/C42H52N8O6/c1-3-9-35(51)43-15-5-17-45-23-27-47(28-24-45)19-7-21-49-39(53)31-11-13-33-38-34(14-12-32(37(31)38)40(49)54)42(56)50(41(33)55)22-8-20-48-29-25-46(26-30-48)18-6-16-44-36(52)10-4-2/h1-2,11-14H,5-10,15-30H2,(H,43,51)(H,44,52). The molecule has 14 heteroatoms. The van der Waals surface area contributed by atoms with Crippen LogP contribution in [-0.2, 0) is 9.59 Å². The molecule has 2 N–H and O–H groups in total. The molecule has 0 radical (unpaired) electrons. The summed E-state index contributed by atoms with van der Waals surface area (Å²) in [6.45, 7) is 12.2. The van der Waals surface area contributed by atoms with Gasteiger partial charge >= 0.3 is 0 Å². The Morgan fingerprint density at radius 2 is 0.768 bits per heavy atom. The first-order chi connectivity index (χ1) is 27.2. The number of nitrogens with one attached hydrogen (secondary N) is 2. The Morgan fingerprint density at radius 3 is 1.05 bits per heavy atom. The van der Waals surface area contributed by atoms with Gasteiger partial charge in [0.1, 0.15) is 0 Å². The number of imide groups is 2. The number of carbonyl (C=O) groups is 6. The Kier molecular flexibility index (Phi) is 13.9. The van der Waals surface area contributed by atoms with E-state index >= 15 is 0 Å². The summed E-state index contributed by atoms with van der Waals surface area (Å²) in [5.41, 5.74) is 1.36. The Labute approximate surface area is 328 Å². The zero-order valence-corrected chi connectivity index (χ0v) is 32.2. The van der Waals surface area contributed by atoms with Crippen molar-refractivity contribution in [1.82, 2.24) is 40.0 Å². The average Bonchev–Trinajstić information content (AvgIpc) is 3.20. The first kappa shape index (κ1) is 40.5. The highest BCUT2D eigenvalue weighted by Crippen LogP contribution is 2.38. The second kappa shape index (κ2) is 19.2. The largest absolute Gasteiger partial charge is 0.355 e. The third-order valence-electron chi connectivity index (χ3n) is 11.2. The summed E-state index contributed by atoms with van der Waals surface area (Å²) >= 11 is 0. The first-order valence-electron chi connectivity index (χ1n) is 19.8. The Bertz CT molecular complexity index is 1710. The summed E-state index contributed by atoms with van der Waals surface area (Å²) in [7, 11) is 0. The molecule has 0 aromatic heterocycles. The maximum atomic E-state index is 13.8. The molecular weight excluding hydrogens is 713 g/mol. The van der Waals surface area contributed by atoms with Crippen LogP contribution < -0.4 is 10.6 Å². The van der Waals surface area contributed by atoms with Gasteiger partial charge in [0.15, 0.2) is 0 Å². The van der Waals surface area contributed by atoms with Crippen LogP contribution in [0.5, 0.6) is 0 Å². The molecule has 4 heterocycles. The van der Waals surface area contributed by atoms with Crippen molar-refractivity contribution in [3.63, 3.8) is 0 Å². The van der Waals surface area contributed by atoms with Gasteiger partial charge in [0.05, 0.1) is 12.8 Å². The van der Waals surface area contributed by atoms with Gasteiger partial charge in [0.2, 0.25) is 11.8 Å². The van der Waals surface area contributed by atoms with E-state index in [4.69, 9.17) is 12.8 Å². The van der Waals surface area contributed by atoms with E-state index < -0.39 is 23.6 Å². The molecule has 4 aliphatic rings. The Morgan fingerprint density at radius 1 is 0.482 bits per heavy atom. The number of amides is 6. The summed E-state index contributed by atoms with van der Waals surface area (Å²) in [5.74, 6) is 2.83. The smallest absolute Gasteiger partial charge is 0.261 e. The van der Waals surface area contributed by atoms with Crippen molar-refractivity contribution >= 4 is 46.2 Å². The first-order valence-corrected chi connectivity index (χ1v) is 19.8. The highest BCUT2D eigenvalue weighted by Gasteiger charge is 2.39. The molecule has 0 unspecified atom stereocenters. The number of hydrogen-bond acceptors (Lipinski definition) is 10. The lowest BCUT2D eigenvalue weighted by molar-refractivity contribution is -0.120. The number of hydrogen-bond donors (Lipinski definition) is 2. The van der Waals surface area contributed by atoms with E-state index in [1.165, 1.54) is 9.80 Å². The van der Waals surface area contributed by atoms with E-state index in [-0.39, 0.29) is 37.7 Å². The van der Waals surface area contributed by atoms with Gasteiger partial charge < -0.3 is 30.2 Å². The van der Waals surface area contributed by atoms with Gasteiger partial charge in [-0.05, 0) is 76.1 Å². The van der Waals surface area contributed by atoms with Crippen molar-refractivity contribution < 1.29 is 28.8 Å². The molecule has 2 aromatic rings. The van der Waals surface area contributed by atoms with Gasteiger partial charge in [-0.25, -0.2) is 0 Å². The summed E-state index contributed by atoms with van der Waals surface area (Å²) < 4.78 is 0. The van der Waals surface area contributed by atoms with Crippen LogP contribution in [-0.4, -0.2) is 170 Å². The van der Waals surface area contributed by atoms with E-state index in [1.807, 2.05) is 0 Å². The van der Waals surface area contributed by atoms with E-state index in [1.54, 1.807) is 24.3 Å². The molecule has 14 nitrogen and oxygen atoms in total. The van der Waals surface area contributed by atoms with Crippen LogP contribution in [0.25, 0.3) is 10.8 Å². The van der Waals surface area contributed by atoms with Crippen LogP contribution in [0, 0.1) is 24.7 Å². The summed E-state index contributed by atoms with van der Waals surface area (Å²) in [5, 5.41) is 6.45. The van der Waals surface area contributed by atoms with E-state index in [9.17, 15) is 28.8 Å².